The van der Waals surface area contributed by atoms with Gasteiger partial charge in [-0.25, -0.2) is 9.78 Å². The van der Waals surface area contributed by atoms with Crippen LogP contribution in [0.3, 0.4) is 0 Å². The summed E-state index contributed by atoms with van der Waals surface area (Å²) in [5.41, 5.74) is 0.350. The van der Waals surface area contributed by atoms with Gasteiger partial charge in [-0.15, -0.1) is 0 Å². The quantitative estimate of drug-likeness (QED) is 0.824. The van der Waals surface area contributed by atoms with E-state index in [4.69, 9.17) is 39.9 Å². The monoisotopic (exact) mass is 344 g/mol. The summed E-state index contributed by atoms with van der Waals surface area (Å²) in [5, 5.41) is 11.8. The summed E-state index contributed by atoms with van der Waals surface area (Å²) in [6.45, 7) is 0. The Balaban J connectivity index is 2.31. The molecule has 1 aromatic heterocycles. The molecule has 1 aromatic carbocycles. The fraction of sp³-hybridized carbons (Fsp3) is 0. The van der Waals surface area contributed by atoms with Crippen LogP contribution in [0, 0.1) is 0 Å². The molecule has 21 heavy (non-hydrogen) atoms. The molecule has 108 valence electrons. The van der Waals surface area contributed by atoms with Crippen LogP contribution in [-0.2, 0) is 0 Å². The second kappa shape index (κ2) is 6.30. The number of hydrogen-bond donors (Lipinski definition) is 2. The highest BCUT2D eigenvalue weighted by Gasteiger charge is 2.13. The minimum atomic E-state index is -1.13. The number of halogens is 3. The third-order valence-electron chi connectivity index (χ3n) is 2.49. The molecule has 1 heterocycles. The molecule has 0 unspecified atom stereocenters. The number of nitrogens with zero attached hydrogens (tertiary/aromatic N) is 1. The van der Waals surface area contributed by atoms with Gasteiger partial charge in [0.1, 0.15) is 10.3 Å². The lowest BCUT2D eigenvalue weighted by atomic mass is 10.2. The smallest absolute Gasteiger partial charge is 0.335 e. The summed E-state index contributed by atoms with van der Waals surface area (Å²) in [5.74, 6) is -1.66. The standard InChI is InChI=1S/C13H7Cl3N2O3/c14-8-2-1-6(13(20)21)3-9(8)17-12(19)7-4-10(15)18-11(16)5-7/h1-5H,(H,17,19)(H,20,21). The molecule has 0 aliphatic carbocycles. The molecule has 2 N–H and O–H groups in total. The SMILES string of the molecule is O=C(O)c1ccc(Cl)c(NC(=O)c2cc(Cl)nc(Cl)c2)c1. The number of benzene rings is 1. The van der Waals surface area contributed by atoms with Crippen molar-refractivity contribution in [3.05, 3.63) is 56.8 Å². The number of carboxylic acid groups (broad SMARTS) is 1. The summed E-state index contributed by atoms with van der Waals surface area (Å²) >= 11 is 17.4. The van der Waals surface area contributed by atoms with E-state index >= 15 is 0 Å². The highest BCUT2D eigenvalue weighted by atomic mass is 35.5. The molecule has 0 atom stereocenters. The van der Waals surface area contributed by atoms with Gasteiger partial charge in [0.25, 0.3) is 5.91 Å². The van der Waals surface area contributed by atoms with Gasteiger partial charge >= 0.3 is 5.97 Å². The summed E-state index contributed by atoms with van der Waals surface area (Å²) in [4.78, 5) is 26.7. The molecule has 0 spiro atoms. The number of rotatable bonds is 3. The van der Waals surface area contributed by atoms with Gasteiger partial charge < -0.3 is 10.4 Å². The predicted molar refractivity (Wildman–Crippen MR) is 80.6 cm³/mol. The van der Waals surface area contributed by atoms with E-state index in [1.165, 1.54) is 30.3 Å². The number of amides is 1. The first kappa shape index (κ1) is 15.6. The van der Waals surface area contributed by atoms with Crippen molar-refractivity contribution >= 4 is 52.4 Å². The fourth-order valence-electron chi connectivity index (χ4n) is 1.54. The highest BCUT2D eigenvalue weighted by molar-refractivity contribution is 6.34. The zero-order valence-electron chi connectivity index (χ0n) is 10.2. The van der Waals surface area contributed by atoms with Gasteiger partial charge in [-0.2, -0.15) is 0 Å². The number of carbonyl (C=O) groups is 2. The number of carboxylic acids is 1. The topological polar surface area (TPSA) is 79.3 Å². The van der Waals surface area contributed by atoms with Crippen LogP contribution in [0.4, 0.5) is 5.69 Å². The number of pyridine rings is 1. The van der Waals surface area contributed by atoms with Crippen molar-refractivity contribution in [3.8, 4) is 0 Å². The number of carbonyl (C=O) groups excluding carboxylic acids is 1. The van der Waals surface area contributed by atoms with Gasteiger partial charge in [0.2, 0.25) is 0 Å². The average molecular weight is 346 g/mol. The zero-order chi connectivity index (χ0) is 15.6. The Morgan fingerprint density at radius 3 is 2.19 bits per heavy atom. The Morgan fingerprint density at radius 1 is 1.00 bits per heavy atom. The van der Waals surface area contributed by atoms with Crippen LogP contribution in [0.5, 0.6) is 0 Å². The van der Waals surface area contributed by atoms with Crippen LogP contribution in [0.1, 0.15) is 20.7 Å². The molecule has 1 amide bonds. The minimum Gasteiger partial charge on any atom is -0.478 e. The molecular formula is C13H7Cl3N2O3. The van der Waals surface area contributed by atoms with Crippen LogP contribution in [0.25, 0.3) is 0 Å². The molecule has 0 radical (unpaired) electrons. The minimum absolute atomic E-state index is 0.000457. The van der Waals surface area contributed by atoms with Crippen molar-refractivity contribution in [2.75, 3.05) is 5.32 Å². The van der Waals surface area contributed by atoms with Gasteiger partial charge in [-0.1, -0.05) is 34.8 Å². The van der Waals surface area contributed by atoms with Crippen molar-refractivity contribution in [1.82, 2.24) is 4.98 Å². The average Bonchev–Trinajstić information content (AvgIpc) is 2.39. The van der Waals surface area contributed by atoms with E-state index in [2.05, 4.69) is 10.3 Å². The maximum absolute atomic E-state index is 12.1. The molecule has 2 aromatic rings. The summed E-state index contributed by atoms with van der Waals surface area (Å²) in [7, 11) is 0. The van der Waals surface area contributed by atoms with Crippen LogP contribution in [-0.4, -0.2) is 22.0 Å². The second-order valence-electron chi connectivity index (χ2n) is 3.96. The molecule has 0 aliphatic rings. The lowest BCUT2D eigenvalue weighted by Crippen LogP contribution is -2.13. The Bertz CT molecular complexity index is 714. The Labute approximate surface area is 134 Å². The van der Waals surface area contributed by atoms with E-state index in [0.29, 0.717) is 0 Å². The lowest BCUT2D eigenvalue weighted by molar-refractivity contribution is 0.0696. The Kier molecular flexibility index (Phi) is 4.67. The molecule has 0 saturated carbocycles. The van der Waals surface area contributed by atoms with Gasteiger partial charge in [-0.05, 0) is 30.3 Å². The van der Waals surface area contributed by atoms with Crippen LogP contribution in [0.15, 0.2) is 30.3 Å². The van der Waals surface area contributed by atoms with Crippen molar-refractivity contribution < 1.29 is 14.7 Å². The number of nitrogens with one attached hydrogen (secondary N) is 1. The number of hydrogen-bond acceptors (Lipinski definition) is 3. The van der Waals surface area contributed by atoms with Gasteiger partial charge in [-0.3, -0.25) is 4.79 Å². The summed E-state index contributed by atoms with van der Waals surface area (Å²) in [6.07, 6.45) is 0. The normalized spacial score (nSPS) is 10.2. The van der Waals surface area contributed by atoms with Crippen LogP contribution >= 0.6 is 34.8 Å². The van der Waals surface area contributed by atoms with E-state index < -0.39 is 11.9 Å². The first-order valence-corrected chi connectivity index (χ1v) is 6.67. The van der Waals surface area contributed by atoms with Gasteiger partial charge in [0.05, 0.1) is 16.3 Å². The molecular weight excluding hydrogens is 339 g/mol. The first-order valence-electron chi connectivity index (χ1n) is 5.54. The third-order valence-corrected chi connectivity index (χ3v) is 3.20. The molecule has 0 bridgehead atoms. The molecule has 8 heteroatoms. The highest BCUT2D eigenvalue weighted by Crippen LogP contribution is 2.24. The van der Waals surface area contributed by atoms with Crippen molar-refractivity contribution in [2.24, 2.45) is 0 Å². The molecule has 5 nitrogen and oxygen atoms in total. The maximum Gasteiger partial charge on any atom is 0.335 e. The Hall–Kier alpha value is -1.82. The third kappa shape index (κ3) is 3.85. The number of anilines is 1. The molecule has 2 rings (SSSR count). The van der Waals surface area contributed by atoms with E-state index in [-0.39, 0.29) is 32.1 Å². The summed E-state index contributed by atoms with van der Waals surface area (Å²) < 4.78 is 0. The largest absolute Gasteiger partial charge is 0.478 e. The maximum atomic E-state index is 12.1. The predicted octanol–water partition coefficient (Wildman–Crippen LogP) is 3.99. The van der Waals surface area contributed by atoms with Crippen molar-refractivity contribution in [2.45, 2.75) is 0 Å². The van der Waals surface area contributed by atoms with Gasteiger partial charge in [0.15, 0.2) is 0 Å². The molecule has 0 saturated heterocycles. The lowest BCUT2D eigenvalue weighted by Gasteiger charge is -2.08. The van der Waals surface area contributed by atoms with Crippen molar-refractivity contribution in [3.63, 3.8) is 0 Å². The van der Waals surface area contributed by atoms with Crippen molar-refractivity contribution in [1.29, 1.82) is 0 Å². The van der Waals surface area contributed by atoms with E-state index in [1.54, 1.807) is 0 Å². The zero-order valence-corrected chi connectivity index (χ0v) is 12.5. The van der Waals surface area contributed by atoms with E-state index in [0.717, 1.165) is 0 Å². The first-order chi connectivity index (χ1) is 9.86. The number of aromatic carboxylic acids is 1. The van der Waals surface area contributed by atoms with E-state index in [9.17, 15) is 9.59 Å². The molecule has 0 fully saturated rings. The van der Waals surface area contributed by atoms with E-state index in [1.807, 2.05) is 0 Å². The second-order valence-corrected chi connectivity index (χ2v) is 5.14. The summed E-state index contributed by atoms with van der Waals surface area (Å²) in [6, 6.07) is 6.63. The number of aromatic nitrogens is 1. The van der Waals surface area contributed by atoms with Gasteiger partial charge in [0, 0.05) is 5.56 Å². The molecule has 0 aliphatic heterocycles. The Morgan fingerprint density at radius 2 is 1.62 bits per heavy atom. The fourth-order valence-corrected chi connectivity index (χ4v) is 2.17. The van der Waals surface area contributed by atoms with Crippen LogP contribution < -0.4 is 5.32 Å². The van der Waals surface area contributed by atoms with Crippen LogP contribution in [0.2, 0.25) is 15.3 Å².